The van der Waals surface area contributed by atoms with Gasteiger partial charge in [-0.15, -0.1) is 11.8 Å². The van der Waals surface area contributed by atoms with Crippen molar-refractivity contribution in [1.29, 1.82) is 0 Å². The second-order valence-corrected chi connectivity index (χ2v) is 8.97. The molecule has 4 heterocycles. The SMILES string of the molecule is CC1=NN(c2nc(N)nc(CSC3CNc4nc(C)nc(=S)n43)n2)C(C)(C)C1. The molecule has 12 heteroatoms. The van der Waals surface area contributed by atoms with Gasteiger partial charge in [0.25, 0.3) is 5.95 Å². The lowest BCUT2D eigenvalue weighted by Crippen LogP contribution is -2.37. The lowest BCUT2D eigenvalue weighted by molar-refractivity contribution is 0.505. The van der Waals surface area contributed by atoms with E-state index in [1.165, 1.54) is 0 Å². The number of nitrogen functional groups attached to an aromatic ring is 1. The molecule has 10 nitrogen and oxygen atoms in total. The van der Waals surface area contributed by atoms with Gasteiger partial charge in [-0.2, -0.15) is 25.0 Å². The van der Waals surface area contributed by atoms with Crippen molar-refractivity contribution in [2.24, 2.45) is 5.10 Å². The highest BCUT2D eigenvalue weighted by Gasteiger charge is 2.35. The van der Waals surface area contributed by atoms with Gasteiger partial charge in [0.05, 0.1) is 11.3 Å². The first-order valence-corrected chi connectivity index (χ1v) is 10.4. The molecule has 3 N–H and O–H groups in total. The van der Waals surface area contributed by atoms with Crippen LogP contribution in [0, 0.1) is 11.7 Å². The average molecular weight is 419 g/mol. The molecular formula is C16H22N10S2. The molecule has 1 unspecified atom stereocenters. The Morgan fingerprint density at radius 2 is 2.00 bits per heavy atom. The molecule has 4 rings (SSSR count). The molecule has 0 amide bonds. The third-order valence-electron chi connectivity index (χ3n) is 4.50. The van der Waals surface area contributed by atoms with Crippen LogP contribution in [0.25, 0.3) is 0 Å². The van der Waals surface area contributed by atoms with Gasteiger partial charge in [0, 0.05) is 18.7 Å². The lowest BCUT2D eigenvalue weighted by atomic mass is 9.99. The molecule has 0 saturated carbocycles. The van der Waals surface area contributed by atoms with Gasteiger partial charge in [-0.05, 0) is 39.9 Å². The van der Waals surface area contributed by atoms with Crippen molar-refractivity contribution in [3.8, 4) is 0 Å². The lowest BCUT2D eigenvalue weighted by Gasteiger charge is -2.28. The van der Waals surface area contributed by atoms with Crippen LogP contribution >= 0.6 is 24.0 Å². The van der Waals surface area contributed by atoms with Crippen molar-refractivity contribution >= 4 is 47.5 Å². The van der Waals surface area contributed by atoms with Crippen LogP contribution in [0.15, 0.2) is 5.10 Å². The van der Waals surface area contributed by atoms with Crippen LogP contribution < -0.4 is 16.1 Å². The highest BCUT2D eigenvalue weighted by atomic mass is 32.2. The van der Waals surface area contributed by atoms with Gasteiger partial charge in [0.15, 0.2) is 0 Å². The predicted molar refractivity (Wildman–Crippen MR) is 113 cm³/mol. The van der Waals surface area contributed by atoms with Crippen LogP contribution in [0.4, 0.5) is 17.8 Å². The Bertz CT molecular complexity index is 1010. The van der Waals surface area contributed by atoms with Crippen molar-refractivity contribution < 1.29 is 0 Å². The van der Waals surface area contributed by atoms with Crippen molar-refractivity contribution in [3.63, 3.8) is 0 Å². The average Bonchev–Trinajstić information content (AvgIpc) is 3.11. The summed E-state index contributed by atoms with van der Waals surface area (Å²) in [5.41, 5.74) is 6.79. The van der Waals surface area contributed by atoms with E-state index in [0.29, 0.717) is 34.7 Å². The molecule has 148 valence electrons. The smallest absolute Gasteiger partial charge is 0.251 e. The largest absolute Gasteiger partial charge is 0.368 e. The van der Waals surface area contributed by atoms with Crippen molar-refractivity contribution in [3.05, 3.63) is 16.4 Å². The fraction of sp³-hybridized carbons (Fsp3) is 0.562. The number of fused-ring (bicyclic) bond motifs is 1. The van der Waals surface area contributed by atoms with E-state index in [1.54, 1.807) is 11.8 Å². The first-order valence-electron chi connectivity index (χ1n) is 8.90. The van der Waals surface area contributed by atoms with Gasteiger partial charge in [0.2, 0.25) is 16.7 Å². The quantitative estimate of drug-likeness (QED) is 0.715. The number of thioether (sulfide) groups is 1. The number of hydrogen-bond donors (Lipinski definition) is 2. The number of hydrazone groups is 1. The van der Waals surface area contributed by atoms with Crippen molar-refractivity contribution in [1.82, 2.24) is 29.5 Å². The fourth-order valence-corrected chi connectivity index (χ4v) is 4.85. The minimum atomic E-state index is -0.196. The number of hydrogen-bond acceptors (Lipinski definition) is 11. The number of rotatable bonds is 4. The molecule has 2 aromatic heterocycles. The van der Waals surface area contributed by atoms with E-state index in [9.17, 15) is 0 Å². The maximum atomic E-state index is 5.95. The van der Waals surface area contributed by atoms with Crippen LogP contribution in [0.5, 0.6) is 0 Å². The number of aryl methyl sites for hydroxylation is 1. The summed E-state index contributed by atoms with van der Waals surface area (Å²) in [5.74, 6) is 3.24. The number of nitrogens with one attached hydrogen (secondary N) is 1. The molecule has 0 saturated heterocycles. The van der Waals surface area contributed by atoms with E-state index in [4.69, 9.17) is 18.0 Å². The van der Waals surface area contributed by atoms with Gasteiger partial charge >= 0.3 is 0 Å². The summed E-state index contributed by atoms with van der Waals surface area (Å²) in [7, 11) is 0. The van der Waals surface area contributed by atoms with Crippen LogP contribution in [0.1, 0.15) is 44.2 Å². The molecule has 2 aromatic rings. The Morgan fingerprint density at radius 1 is 1.21 bits per heavy atom. The van der Waals surface area contributed by atoms with Crippen LogP contribution in [-0.4, -0.2) is 47.3 Å². The molecule has 0 fully saturated rings. The minimum Gasteiger partial charge on any atom is -0.368 e. The second kappa shape index (κ2) is 6.92. The third-order valence-corrected chi connectivity index (χ3v) is 5.97. The van der Waals surface area contributed by atoms with Crippen LogP contribution in [0.3, 0.4) is 0 Å². The third kappa shape index (κ3) is 3.53. The van der Waals surface area contributed by atoms with E-state index >= 15 is 0 Å². The normalized spacial score (nSPS) is 20.1. The molecule has 0 aliphatic carbocycles. The summed E-state index contributed by atoms with van der Waals surface area (Å²) in [6.45, 7) is 8.75. The van der Waals surface area contributed by atoms with E-state index in [0.717, 1.165) is 18.1 Å². The first-order chi connectivity index (χ1) is 13.2. The molecule has 2 aliphatic rings. The topological polar surface area (TPSA) is 123 Å². The second-order valence-electron chi connectivity index (χ2n) is 7.44. The predicted octanol–water partition coefficient (Wildman–Crippen LogP) is 2.31. The Kier molecular flexibility index (Phi) is 4.70. The molecular weight excluding hydrogens is 396 g/mol. The summed E-state index contributed by atoms with van der Waals surface area (Å²) >= 11 is 7.05. The summed E-state index contributed by atoms with van der Waals surface area (Å²) in [6.07, 6.45) is 0.852. The zero-order chi connectivity index (χ0) is 20.1. The number of aromatic nitrogens is 6. The van der Waals surface area contributed by atoms with E-state index in [2.05, 4.69) is 49.2 Å². The van der Waals surface area contributed by atoms with Gasteiger partial charge in [-0.3, -0.25) is 4.57 Å². The molecule has 0 bridgehead atoms. The summed E-state index contributed by atoms with van der Waals surface area (Å²) < 4.78 is 2.44. The van der Waals surface area contributed by atoms with Gasteiger partial charge in [-0.1, -0.05) is 0 Å². The molecule has 28 heavy (non-hydrogen) atoms. The highest BCUT2D eigenvalue weighted by Crippen LogP contribution is 2.34. The fourth-order valence-electron chi connectivity index (χ4n) is 3.42. The summed E-state index contributed by atoms with van der Waals surface area (Å²) in [4.78, 5) is 21.9. The number of nitrogens with zero attached hydrogens (tertiary/aromatic N) is 8. The Labute approximate surface area is 172 Å². The molecule has 0 aromatic carbocycles. The zero-order valence-electron chi connectivity index (χ0n) is 16.2. The molecule has 2 aliphatic heterocycles. The number of anilines is 3. The van der Waals surface area contributed by atoms with Gasteiger partial charge in [0.1, 0.15) is 17.0 Å². The monoisotopic (exact) mass is 418 g/mol. The number of nitrogens with two attached hydrogens (primary N) is 1. The Balaban J connectivity index is 1.55. The van der Waals surface area contributed by atoms with Crippen molar-refractivity contribution in [2.45, 2.75) is 50.8 Å². The maximum absolute atomic E-state index is 5.95. The highest BCUT2D eigenvalue weighted by molar-refractivity contribution is 7.98. The van der Waals surface area contributed by atoms with Gasteiger partial charge < -0.3 is 11.1 Å². The standard InChI is InChI=1S/C16H22N10S2/c1-8-5-16(3,4)26(24-8)14-22-10(21-12(17)23-14)7-28-11-6-18-13-19-9(2)20-15(27)25(11)13/h11H,5-7H2,1-4H3,(H2,17,21,22,23)(H,18,19,20,27). The zero-order valence-corrected chi connectivity index (χ0v) is 17.8. The maximum Gasteiger partial charge on any atom is 0.251 e. The van der Waals surface area contributed by atoms with E-state index in [-0.39, 0.29) is 16.9 Å². The Hall–Kier alpha value is -2.34. The summed E-state index contributed by atoms with van der Waals surface area (Å²) in [6, 6.07) is 0. The molecule has 0 radical (unpaired) electrons. The minimum absolute atomic E-state index is 0.0630. The van der Waals surface area contributed by atoms with Crippen LogP contribution in [0.2, 0.25) is 0 Å². The molecule has 0 spiro atoms. The van der Waals surface area contributed by atoms with E-state index < -0.39 is 0 Å². The molecule has 1 atom stereocenters. The summed E-state index contributed by atoms with van der Waals surface area (Å²) in [5, 5.41) is 9.73. The van der Waals surface area contributed by atoms with Crippen molar-refractivity contribution in [2.75, 3.05) is 22.6 Å². The van der Waals surface area contributed by atoms with E-state index in [1.807, 2.05) is 23.4 Å². The Morgan fingerprint density at radius 3 is 2.71 bits per heavy atom. The first kappa shape index (κ1) is 19.0. The van der Waals surface area contributed by atoms with Crippen LogP contribution in [-0.2, 0) is 5.75 Å². The van der Waals surface area contributed by atoms with Gasteiger partial charge in [-0.25, -0.2) is 9.99 Å².